The third-order valence-corrected chi connectivity index (χ3v) is 3.35. The molecular weight excluding hydrogens is 252 g/mol. The number of halogens is 1. The first-order valence-corrected chi connectivity index (χ1v) is 6.79. The molecule has 0 amide bonds. The van der Waals surface area contributed by atoms with Crippen LogP contribution in [0.3, 0.4) is 0 Å². The average Bonchev–Trinajstić information content (AvgIpc) is 2.85. The number of imidazole rings is 1. The molecule has 16 heavy (non-hydrogen) atoms. The number of rotatable bonds is 4. The van der Waals surface area contributed by atoms with Gasteiger partial charge in [0.15, 0.2) is 0 Å². The van der Waals surface area contributed by atoms with Gasteiger partial charge in [0, 0.05) is 35.8 Å². The van der Waals surface area contributed by atoms with E-state index in [4.69, 9.17) is 10.7 Å². The Bertz CT molecular complexity index is 561. The molecule has 2 heterocycles. The lowest BCUT2D eigenvalue weighted by Gasteiger charge is -2.01. The molecule has 2 aromatic heterocycles. The molecule has 0 N–H and O–H groups in total. The average molecular weight is 261 g/mol. The molecule has 2 aromatic rings. The molecule has 0 fully saturated rings. The van der Waals surface area contributed by atoms with E-state index in [-0.39, 0.29) is 4.90 Å². The number of hydrogen-bond acceptors (Lipinski definition) is 4. The van der Waals surface area contributed by atoms with Crippen LogP contribution in [-0.2, 0) is 22.1 Å². The van der Waals surface area contributed by atoms with Crippen LogP contribution in [0.15, 0.2) is 36.0 Å². The minimum Gasteiger partial charge on any atom is -0.336 e. The van der Waals surface area contributed by atoms with E-state index in [1.165, 1.54) is 17.1 Å². The maximum atomic E-state index is 11.0. The molecule has 0 saturated heterocycles. The van der Waals surface area contributed by atoms with E-state index < -0.39 is 9.05 Å². The SMILES string of the molecule is O=S(=O)(Cl)c1cnn(CCn2ccnc2)c1. The van der Waals surface area contributed by atoms with Crippen molar-refractivity contribution in [1.29, 1.82) is 0 Å². The summed E-state index contributed by atoms with van der Waals surface area (Å²) in [6.07, 6.45) is 7.82. The van der Waals surface area contributed by atoms with E-state index in [2.05, 4.69) is 10.1 Å². The minimum absolute atomic E-state index is 0.0137. The monoisotopic (exact) mass is 260 g/mol. The molecule has 2 rings (SSSR count). The zero-order valence-electron chi connectivity index (χ0n) is 8.19. The molecule has 0 bridgehead atoms. The first-order chi connectivity index (χ1) is 7.55. The first-order valence-electron chi connectivity index (χ1n) is 4.48. The summed E-state index contributed by atoms with van der Waals surface area (Å²) in [4.78, 5) is 3.91. The molecule has 0 atom stereocenters. The van der Waals surface area contributed by atoms with Gasteiger partial charge in [-0.3, -0.25) is 4.68 Å². The number of aromatic nitrogens is 4. The fourth-order valence-electron chi connectivity index (χ4n) is 1.23. The Hall–Kier alpha value is -1.34. The fourth-order valence-corrected chi connectivity index (χ4v) is 1.89. The summed E-state index contributed by atoms with van der Waals surface area (Å²) < 4.78 is 25.3. The van der Waals surface area contributed by atoms with Crippen molar-refractivity contribution in [2.45, 2.75) is 18.0 Å². The largest absolute Gasteiger partial charge is 0.336 e. The quantitative estimate of drug-likeness (QED) is 0.759. The second kappa shape index (κ2) is 4.26. The van der Waals surface area contributed by atoms with Crippen LogP contribution in [0, 0.1) is 0 Å². The van der Waals surface area contributed by atoms with Crippen molar-refractivity contribution in [2.75, 3.05) is 0 Å². The second-order valence-electron chi connectivity index (χ2n) is 3.18. The van der Waals surface area contributed by atoms with Crippen molar-refractivity contribution in [2.24, 2.45) is 0 Å². The highest BCUT2D eigenvalue weighted by Gasteiger charge is 2.12. The van der Waals surface area contributed by atoms with Crippen molar-refractivity contribution >= 4 is 19.7 Å². The van der Waals surface area contributed by atoms with E-state index in [0.717, 1.165) is 0 Å². The molecule has 0 spiro atoms. The smallest absolute Gasteiger partial charge is 0.264 e. The summed E-state index contributed by atoms with van der Waals surface area (Å²) in [5, 5.41) is 3.90. The van der Waals surface area contributed by atoms with E-state index in [1.54, 1.807) is 12.5 Å². The van der Waals surface area contributed by atoms with E-state index in [0.29, 0.717) is 13.1 Å². The maximum Gasteiger partial charge on any atom is 0.264 e. The molecule has 0 unspecified atom stereocenters. The highest BCUT2D eigenvalue weighted by Crippen LogP contribution is 2.12. The third kappa shape index (κ3) is 2.61. The number of nitrogens with zero attached hydrogens (tertiary/aromatic N) is 4. The summed E-state index contributed by atoms with van der Waals surface area (Å²) in [5.41, 5.74) is 0. The van der Waals surface area contributed by atoms with Crippen LogP contribution in [0.5, 0.6) is 0 Å². The van der Waals surface area contributed by atoms with Crippen molar-refractivity contribution in [3.8, 4) is 0 Å². The molecule has 6 nitrogen and oxygen atoms in total. The lowest BCUT2D eigenvalue weighted by atomic mass is 10.6. The van der Waals surface area contributed by atoms with Gasteiger partial charge < -0.3 is 4.57 Å². The van der Waals surface area contributed by atoms with Gasteiger partial charge in [0.2, 0.25) is 0 Å². The molecular formula is C8H9ClN4O2S. The molecule has 86 valence electrons. The summed E-state index contributed by atoms with van der Waals surface area (Å²) in [6.45, 7) is 1.23. The van der Waals surface area contributed by atoms with E-state index >= 15 is 0 Å². The first kappa shape index (κ1) is 11.2. The Morgan fingerprint density at radius 3 is 2.75 bits per heavy atom. The third-order valence-electron chi connectivity index (χ3n) is 2.04. The Morgan fingerprint density at radius 2 is 2.19 bits per heavy atom. The van der Waals surface area contributed by atoms with Crippen LogP contribution < -0.4 is 0 Å². The van der Waals surface area contributed by atoms with Crippen LogP contribution >= 0.6 is 10.7 Å². The predicted molar refractivity (Wildman–Crippen MR) is 57.5 cm³/mol. The zero-order chi connectivity index (χ0) is 11.6. The topological polar surface area (TPSA) is 69.8 Å². The van der Waals surface area contributed by atoms with Crippen LogP contribution in [0.25, 0.3) is 0 Å². The minimum atomic E-state index is -3.68. The molecule has 0 aliphatic carbocycles. The van der Waals surface area contributed by atoms with Gasteiger partial charge in [-0.25, -0.2) is 13.4 Å². The Kier molecular flexibility index (Phi) is 2.97. The normalized spacial score (nSPS) is 11.8. The van der Waals surface area contributed by atoms with Gasteiger partial charge in [-0.05, 0) is 0 Å². The molecule has 0 radical (unpaired) electrons. The number of aryl methyl sites for hydroxylation is 2. The highest BCUT2D eigenvalue weighted by molar-refractivity contribution is 8.13. The Morgan fingerprint density at radius 1 is 1.38 bits per heavy atom. The van der Waals surface area contributed by atoms with Crippen LogP contribution in [-0.4, -0.2) is 27.7 Å². The van der Waals surface area contributed by atoms with Crippen LogP contribution in [0.4, 0.5) is 0 Å². The zero-order valence-corrected chi connectivity index (χ0v) is 9.76. The van der Waals surface area contributed by atoms with Crippen LogP contribution in [0.2, 0.25) is 0 Å². The summed E-state index contributed by atoms with van der Waals surface area (Å²) in [6, 6.07) is 0. The van der Waals surface area contributed by atoms with E-state index in [9.17, 15) is 8.42 Å². The molecule has 8 heteroatoms. The molecule has 0 saturated carbocycles. The summed E-state index contributed by atoms with van der Waals surface area (Å²) >= 11 is 0. The van der Waals surface area contributed by atoms with Gasteiger partial charge in [-0.2, -0.15) is 5.10 Å². The van der Waals surface area contributed by atoms with Crippen molar-refractivity contribution in [1.82, 2.24) is 19.3 Å². The predicted octanol–water partition coefficient (Wildman–Crippen LogP) is 0.707. The van der Waals surface area contributed by atoms with Crippen molar-refractivity contribution in [3.05, 3.63) is 31.1 Å². The second-order valence-corrected chi connectivity index (χ2v) is 5.74. The standard InChI is InChI=1S/C8H9ClN4O2S/c9-16(14,15)8-5-11-13(6-8)4-3-12-2-1-10-7-12/h1-2,5-7H,3-4H2. The van der Waals surface area contributed by atoms with Gasteiger partial charge >= 0.3 is 0 Å². The van der Waals surface area contributed by atoms with Gasteiger partial charge in [0.25, 0.3) is 9.05 Å². The fraction of sp³-hybridized carbons (Fsp3) is 0.250. The molecule has 0 aliphatic rings. The summed E-state index contributed by atoms with van der Waals surface area (Å²) in [7, 11) is 1.49. The van der Waals surface area contributed by atoms with Crippen molar-refractivity contribution < 1.29 is 8.42 Å². The Balaban J connectivity index is 2.04. The van der Waals surface area contributed by atoms with E-state index in [1.807, 2.05) is 10.8 Å². The van der Waals surface area contributed by atoms with Gasteiger partial charge in [-0.15, -0.1) is 0 Å². The maximum absolute atomic E-state index is 11.0. The Labute approximate surface area is 96.9 Å². The van der Waals surface area contributed by atoms with Gasteiger partial charge in [-0.1, -0.05) is 0 Å². The van der Waals surface area contributed by atoms with Crippen molar-refractivity contribution in [3.63, 3.8) is 0 Å². The lowest BCUT2D eigenvalue weighted by Crippen LogP contribution is -2.06. The van der Waals surface area contributed by atoms with Crippen LogP contribution in [0.1, 0.15) is 0 Å². The summed E-state index contributed by atoms with van der Waals surface area (Å²) in [5.74, 6) is 0. The highest BCUT2D eigenvalue weighted by atomic mass is 35.7. The van der Waals surface area contributed by atoms with Gasteiger partial charge in [0.1, 0.15) is 4.90 Å². The molecule has 0 aromatic carbocycles. The van der Waals surface area contributed by atoms with Gasteiger partial charge in [0.05, 0.1) is 19.1 Å². The number of hydrogen-bond donors (Lipinski definition) is 0. The lowest BCUT2D eigenvalue weighted by molar-refractivity contribution is 0.532. The molecule has 0 aliphatic heterocycles.